The molecule has 0 aliphatic heterocycles. The Hall–Kier alpha value is -2.54. The van der Waals surface area contributed by atoms with Crippen LogP contribution in [0, 0.1) is 0 Å². The van der Waals surface area contributed by atoms with Gasteiger partial charge in [-0.1, -0.05) is 0 Å². The van der Waals surface area contributed by atoms with Gasteiger partial charge in [0.25, 0.3) is 0 Å². The zero-order chi connectivity index (χ0) is 19.4. The van der Waals surface area contributed by atoms with Gasteiger partial charge in [-0.3, -0.25) is 4.79 Å². The lowest BCUT2D eigenvalue weighted by atomic mass is 10.1. The molecule has 0 saturated heterocycles. The van der Waals surface area contributed by atoms with Crippen LogP contribution >= 0.6 is 11.3 Å². The normalized spacial score (nSPS) is 12.4. The fourth-order valence-electron chi connectivity index (χ4n) is 3.22. The predicted molar refractivity (Wildman–Crippen MR) is 105 cm³/mol. The fraction of sp³-hybridized carbons (Fsp3) is 0.400. The van der Waals surface area contributed by atoms with Crippen LogP contribution in [0.2, 0.25) is 0 Å². The molecule has 0 unspecified atom stereocenters. The van der Waals surface area contributed by atoms with Crippen molar-refractivity contribution in [1.82, 2.24) is 0 Å². The average Bonchev–Trinajstić information content (AvgIpc) is 3.26. The van der Waals surface area contributed by atoms with E-state index in [0.717, 1.165) is 24.8 Å². The van der Waals surface area contributed by atoms with Gasteiger partial charge in [0.1, 0.15) is 5.00 Å². The molecule has 1 aliphatic rings. The monoisotopic (exact) mass is 389 g/mol. The number of aryl methyl sites for hydroxylation is 1. The number of rotatable bonds is 8. The summed E-state index contributed by atoms with van der Waals surface area (Å²) in [6.07, 6.45) is 2.90. The van der Waals surface area contributed by atoms with E-state index < -0.39 is 0 Å². The maximum atomic E-state index is 12.6. The van der Waals surface area contributed by atoms with E-state index in [-0.39, 0.29) is 18.3 Å². The number of nitrogens with one attached hydrogen (secondary N) is 1. The second kappa shape index (κ2) is 8.43. The molecule has 0 saturated carbocycles. The summed E-state index contributed by atoms with van der Waals surface area (Å²) in [5.41, 5.74) is 2.18. The Morgan fingerprint density at radius 3 is 2.63 bits per heavy atom. The minimum atomic E-state index is -0.321. The minimum Gasteiger partial charge on any atom is -0.493 e. The summed E-state index contributed by atoms with van der Waals surface area (Å²) >= 11 is 1.54. The second-order valence-electron chi connectivity index (χ2n) is 6.13. The molecular formula is C20H23NO5S. The smallest absolute Gasteiger partial charge is 0.341 e. The number of fused-ring (bicyclic) bond motifs is 1. The van der Waals surface area contributed by atoms with Gasteiger partial charge in [-0.25, -0.2) is 4.79 Å². The molecule has 2 aromatic rings. The third-order valence-electron chi connectivity index (χ3n) is 4.52. The van der Waals surface area contributed by atoms with Gasteiger partial charge >= 0.3 is 5.97 Å². The van der Waals surface area contributed by atoms with E-state index in [4.69, 9.17) is 14.2 Å². The Bertz CT molecular complexity index is 858. The van der Waals surface area contributed by atoms with E-state index in [0.29, 0.717) is 34.2 Å². The number of hydrogen-bond donors (Lipinski definition) is 1. The van der Waals surface area contributed by atoms with E-state index >= 15 is 0 Å². The Labute approximate surface area is 162 Å². The van der Waals surface area contributed by atoms with Crippen LogP contribution < -0.4 is 14.8 Å². The Morgan fingerprint density at radius 2 is 1.93 bits per heavy atom. The highest BCUT2D eigenvalue weighted by Gasteiger charge is 2.27. The first-order valence-corrected chi connectivity index (χ1v) is 9.71. The Balaban J connectivity index is 1.77. The molecule has 1 aromatic carbocycles. The molecule has 7 heteroatoms. The van der Waals surface area contributed by atoms with Crippen LogP contribution in [-0.2, 0) is 17.6 Å². The molecule has 0 spiro atoms. The zero-order valence-electron chi connectivity index (χ0n) is 15.7. The van der Waals surface area contributed by atoms with Gasteiger partial charge in [0.15, 0.2) is 17.3 Å². The van der Waals surface area contributed by atoms with Gasteiger partial charge in [0.05, 0.1) is 32.9 Å². The third-order valence-corrected chi connectivity index (χ3v) is 5.77. The first-order valence-electron chi connectivity index (χ1n) is 8.89. The molecule has 144 valence electrons. The minimum absolute atomic E-state index is 0.0846. The summed E-state index contributed by atoms with van der Waals surface area (Å²) in [6.45, 7) is 2.20. The first kappa shape index (κ1) is 19.2. The van der Waals surface area contributed by atoms with Crippen molar-refractivity contribution in [3.63, 3.8) is 0 Å². The number of ether oxygens (including phenoxy) is 3. The summed E-state index contributed by atoms with van der Waals surface area (Å²) in [5.74, 6) is 0.657. The fourth-order valence-corrected chi connectivity index (χ4v) is 4.49. The van der Waals surface area contributed by atoms with Crippen LogP contribution in [0.4, 0.5) is 5.00 Å². The van der Waals surface area contributed by atoms with Crippen molar-refractivity contribution < 1.29 is 23.8 Å². The topological polar surface area (TPSA) is 73.9 Å². The highest BCUT2D eigenvalue weighted by Crippen LogP contribution is 2.39. The van der Waals surface area contributed by atoms with Crippen molar-refractivity contribution in [3.8, 4) is 11.5 Å². The number of esters is 1. The molecule has 0 atom stereocenters. The predicted octanol–water partition coefficient (Wildman–Crippen LogP) is 3.73. The van der Waals surface area contributed by atoms with E-state index in [9.17, 15) is 9.59 Å². The maximum absolute atomic E-state index is 12.6. The van der Waals surface area contributed by atoms with E-state index in [2.05, 4.69) is 5.32 Å². The molecular weight excluding hydrogens is 366 g/mol. The van der Waals surface area contributed by atoms with Crippen molar-refractivity contribution in [1.29, 1.82) is 0 Å². The van der Waals surface area contributed by atoms with Crippen LogP contribution in [0.5, 0.6) is 11.5 Å². The maximum Gasteiger partial charge on any atom is 0.341 e. The molecule has 27 heavy (non-hydrogen) atoms. The van der Waals surface area contributed by atoms with E-state index in [1.165, 1.54) is 12.0 Å². The molecule has 1 aliphatic carbocycles. The summed E-state index contributed by atoms with van der Waals surface area (Å²) in [5, 5.41) is 3.86. The van der Waals surface area contributed by atoms with Gasteiger partial charge in [-0.15, -0.1) is 11.3 Å². The van der Waals surface area contributed by atoms with Gasteiger partial charge in [0.2, 0.25) is 0 Å². The van der Waals surface area contributed by atoms with E-state index in [1.54, 1.807) is 43.6 Å². The standard InChI is InChI=1S/C20H23NO5S/c1-4-26-20(23)18-13-6-5-7-17(13)27-19(18)21-11-14(22)12-8-9-15(24-2)16(10-12)25-3/h8-10,21H,4-7,11H2,1-3H3. The SMILES string of the molecule is CCOC(=O)c1c(NCC(=O)c2ccc(OC)c(OC)c2)sc2c1CCC2. The van der Waals surface area contributed by atoms with E-state index in [1.807, 2.05) is 0 Å². The summed E-state index contributed by atoms with van der Waals surface area (Å²) in [4.78, 5) is 26.2. The summed E-state index contributed by atoms with van der Waals surface area (Å²) < 4.78 is 15.7. The summed E-state index contributed by atoms with van der Waals surface area (Å²) in [7, 11) is 3.08. The van der Waals surface area contributed by atoms with Gasteiger partial charge in [-0.05, 0) is 49.9 Å². The molecule has 1 heterocycles. The van der Waals surface area contributed by atoms with Crippen LogP contribution in [-0.4, -0.2) is 39.1 Å². The number of hydrogen-bond acceptors (Lipinski definition) is 7. The Morgan fingerprint density at radius 1 is 1.15 bits per heavy atom. The van der Waals surface area contributed by atoms with Crippen LogP contribution in [0.25, 0.3) is 0 Å². The van der Waals surface area contributed by atoms with Gasteiger partial charge in [-0.2, -0.15) is 0 Å². The number of methoxy groups -OCH3 is 2. The number of benzene rings is 1. The lowest BCUT2D eigenvalue weighted by molar-refractivity contribution is 0.0526. The highest BCUT2D eigenvalue weighted by molar-refractivity contribution is 7.16. The second-order valence-corrected chi connectivity index (χ2v) is 7.23. The molecule has 0 fully saturated rings. The summed E-state index contributed by atoms with van der Waals surface area (Å²) in [6, 6.07) is 5.06. The molecule has 3 rings (SSSR count). The number of carbonyl (C=O) groups excluding carboxylic acids is 2. The zero-order valence-corrected chi connectivity index (χ0v) is 16.5. The molecule has 1 N–H and O–H groups in total. The van der Waals surface area contributed by atoms with Crippen molar-refractivity contribution in [2.45, 2.75) is 26.2 Å². The molecule has 0 radical (unpaired) electrons. The number of carbonyl (C=O) groups is 2. The molecule has 1 aromatic heterocycles. The number of anilines is 1. The van der Waals surface area contributed by atoms with Crippen LogP contribution in [0.15, 0.2) is 18.2 Å². The largest absolute Gasteiger partial charge is 0.493 e. The van der Waals surface area contributed by atoms with Crippen molar-refractivity contribution in [2.24, 2.45) is 0 Å². The first-order chi connectivity index (χ1) is 13.1. The van der Waals surface area contributed by atoms with Crippen LogP contribution in [0.1, 0.15) is 44.5 Å². The van der Waals surface area contributed by atoms with Gasteiger partial charge < -0.3 is 19.5 Å². The highest BCUT2D eigenvalue weighted by atomic mass is 32.1. The third kappa shape index (κ3) is 3.93. The average molecular weight is 389 g/mol. The molecule has 6 nitrogen and oxygen atoms in total. The Kier molecular flexibility index (Phi) is 6.01. The van der Waals surface area contributed by atoms with Gasteiger partial charge in [0, 0.05) is 10.4 Å². The van der Waals surface area contributed by atoms with Crippen molar-refractivity contribution in [3.05, 3.63) is 39.8 Å². The molecule has 0 bridgehead atoms. The molecule has 0 amide bonds. The number of thiophene rings is 1. The lowest BCUT2D eigenvalue weighted by Gasteiger charge is -2.10. The number of ketones is 1. The van der Waals surface area contributed by atoms with Crippen molar-refractivity contribution >= 4 is 28.1 Å². The quantitative estimate of drug-likeness (QED) is 0.548. The van der Waals surface area contributed by atoms with Crippen molar-refractivity contribution in [2.75, 3.05) is 32.7 Å². The lowest BCUT2D eigenvalue weighted by Crippen LogP contribution is -2.16. The van der Waals surface area contributed by atoms with Crippen LogP contribution in [0.3, 0.4) is 0 Å². The number of Topliss-reactive ketones (excluding diaryl/α,β-unsaturated/α-hetero) is 1.